The molecule has 1 aromatic rings. The van der Waals surface area contributed by atoms with Crippen LogP contribution in [0.2, 0.25) is 0 Å². The van der Waals surface area contributed by atoms with Gasteiger partial charge in [0.2, 0.25) is 5.91 Å². The Bertz CT molecular complexity index is 265. The molecule has 0 saturated carbocycles. The van der Waals surface area contributed by atoms with Crippen LogP contribution in [0.3, 0.4) is 0 Å². The first-order chi connectivity index (χ1) is 5.88. The minimum Gasteiger partial charge on any atom is -0.274 e. The third kappa shape index (κ3) is 1.55. The minimum atomic E-state index is 0.179. The molecule has 0 N–H and O–H groups in total. The van der Waals surface area contributed by atoms with Crippen molar-refractivity contribution in [3.05, 3.63) is 18.2 Å². The summed E-state index contributed by atoms with van der Waals surface area (Å²) in [5, 5.41) is 0. The molecule has 0 saturated heterocycles. The minimum absolute atomic E-state index is 0.179. The molecule has 0 radical (unpaired) electrons. The average Bonchev–Trinajstić information content (AvgIpc) is 2.57. The summed E-state index contributed by atoms with van der Waals surface area (Å²) in [7, 11) is 0. The van der Waals surface area contributed by atoms with Crippen LogP contribution in [0.1, 0.15) is 37.2 Å². The fraction of sp³-hybridized carbons (Fsp3) is 0.556. The second-order valence-corrected chi connectivity index (χ2v) is 2.50. The van der Waals surface area contributed by atoms with Gasteiger partial charge in [-0.15, -0.1) is 0 Å². The van der Waals surface area contributed by atoms with Gasteiger partial charge >= 0.3 is 0 Å². The lowest BCUT2D eigenvalue weighted by atomic mass is 10.1. The van der Waals surface area contributed by atoms with Crippen LogP contribution in [0.25, 0.3) is 0 Å². The molecule has 0 bridgehead atoms. The van der Waals surface area contributed by atoms with E-state index in [4.69, 9.17) is 0 Å². The molecule has 12 heavy (non-hydrogen) atoms. The van der Waals surface area contributed by atoms with E-state index >= 15 is 0 Å². The number of aromatic nitrogens is 2. The molecule has 0 atom stereocenters. The van der Waals surface area contributed by atoms with Crippen LogP contribution in [0.15, 0.2) is 12.5 Å². The summed E-state index contributed by atoms with van der Waals surface area (Å²) in [5.74, 6) is 0.179. The first-order valence-electron chi connectivity index (χ1n) is 4.42. The zero-order chi connectivity index (χ0) is 8.97. The molecule has 2 heterocycles. The number of rotatable bonds is 0. The van der Waals surface area contributed by atoms with Crippen LogP contribution in [0.4, 0.5) is 0 Å². The zero-order valence-corrected chi connectivity index (χ0v) is 7.58. The van der Waals surface area contributed by atoms with Gasteiger partial charge < -0.3 is 0 Å². The van der Waals surface area contributed by atoms with E-state index in [1.165, 1.54) is 0 Å². The highest BCUT2D eigenvalue weighted by molar-refractivity contribution is 5.80. The first-order valence-corrected chi connectivity index (χ1v) is 4.42. The summed E-state index contributed by atoms with van der Waals surface area (Å²) >= 11 is 0. The van der Waals surface area contributed by atoms with Gasteiger partial charge in [-0.3, -0.25) is 9.36 Å². The summed E-state index contributed by atoms with van der Waals surface area (Å²) in [6, 6.07) is 0. The van der Waals surface area contributed by atoms with Crippen LogP contribution in [0, 0.1) is 0 Å². The van der Waals surface area contributed by atoms with Crippen molar-refractivity contribution in [2.24, 2.45) is 0 Å². The van der Waals surface area contributed by atoms with Crippen molar-refractivity contribution in [1.29, 1.82) is 0 Å². The zero-order valence-electron chi connectivity index (χ0n) is 7.58. The lowest BCUT2D eigenvalue weighted by Crippen LogP contribution is -2.17. The fourth-order valence-electron chi connectivity index (χ4n) is 1.27. The summed E-state index contributed by atoms with van der Waals surface area (Å²) in [6.07, 6.45) is 5.99. The van der Waals surface area contributed by atoms with Gasteiger partial charge in [-0.25, -0.2) is 4.98 Å². The van der Waals surface area contributed by atoms with Crippen molar-refractivity contribution >= 4 is 5.91 Å². The van der Waals surface area contributed by atoms with Crippen molar-refractivity contribution in [2.45, 2.75) is 33.1 Å². The largest absolute Gasteiger partial charge is 0.274 e. The number of imidazole rings is 1. The number of hydrogen-bond acceptors (Lipinski definition) is 2. The molecule has 0 aliphatic carbocycles. The van der Waals surface area contributed by atoms with Crippen LogP contribution in [-0.4, -0.2) is 15.5 Å². The summed E-state index contributed by atoms with van der Waals surface area (Å²) in [6.45, 7) is 4.00. The molecule has 3 nitrogen and oxygen atoms in total. The van der Waals surface area contributed by atoms with Crippen molar-refractivity contribution < 1.29 is 4.79 Å². The first kappa shape index (κ1) is 8.97. The Kier molecular flexibility index (Phi) is 3.02. The fourth-order valence-corrected chi connectivity index (χ4v) is 1.27. The van der Waals surface area contributed by atoms with Gasteiger partial charge in [-0.1, -0.05) is 13.8 Å². The van der Waals surface area contributed by atoms with E-state index in [-0.39, 0.29) is 5.91 Å². The predicted octanol–water partition coefficient (Wildman–Crippen LogP) is 1.89. The van der Waals surface area contributed by atoms with Crippen LogP contribution >= 0.6 is 0 Å². The van der Waals surface area contributed by atoms with Gasteiger partial charge in [-0.05, 0) is 12.8 Å². The van der Waals surface area contributed by atoms with E-state index in [2.05, 4.69) is 4.98 Å². The molecule has 2 rings (SSSR count). The normalized spacial score (nSPS) is 14.7. The Morgan fingerprint density at radius 2 is 2.17 bits per heavy atom. The third-order valence-electron chi connectivity index (χ3n) is 1.81. The highest BCUT2D eigenvalue weighted by Crippen LogP contribution is 2.12. The smallest absolute Gasteiger partial charge is 0.232 e. The number of fused-ring (bicyclic) bond motifs is 1. The maximum Gasteiger partial charge on any atom is 0.232 e. The molecule has 1 aromatic heterocycles. The molecule has 1 aliphatic rings. The second-order valence-electron chi connectivity index (χ2n) is 2.50. The van der Waals surface area contributed by atoms with Gasteiger partial charge in [0.1, 0.15) is 6.33 Å². The SMILES string of the molecule is CC.O=C1CCCc2cncn21. The van der Waals surface area contributed by atoms with Crippen molar-refractivity contribution in [1.82, 2.24) is 9.55 Å². The maximum atomic E-state index is 11.1. The molecule has 0 spiro atoms. The molecule has 66 valence electrons. The molecular weight excluding hydrogens is 152 g/mol. The quantitative estimate of drug-likeness (QED) is 0.590. The number of carbonyl (C=O) groups is 1. The standard InChI is InChI=1S/C7H8N2O.C2H6/c10-7-3-1-2-6-4-8-5-9(6)7;1-2/h4-5H,1-3H2;1-2H3. The summed E-state index contributed by atoms with van der Waals surface area (Å²) in [5.41, 5.74) is 1.05. The van der Waals surface area contributed by atoms with Crippen LogP contribution < -0.4 is 0 Å². The van der Waals surface area contributed by atoms with E-state index in [1.807, 2.05) is 13.8 Å². The Morgan fingerprint density at radius 1 is 1.42 bits per heavy atom. The third-order valence-corrected chi connectivity index (χ3v) is 1.81. The summed E-state index contributed by atoms with van der Waals surface area (Å²) in [4.78, 5) is 15.0. The van der Waals surface area contributed by atoms with Gasteiger partial charge in [0.25, 0.3) is 0 Å². The second kappa shape index (κ2) is 4.04. The van der Waals surface area contributed by atoms with Gasteiger partial charge in [0, 0.05) is 18.3 Å². The topological polar surface area (TPSA) is 34.9 Å². The Hall–Kier alpha value is -1.12. The Balaban J connectivity index is 0.000000336. The van der Waals surface area contributed by atoms with Crippen LogP contribution in [-0.2, 0) is 6.42 Å². The molecule has 3 heteroatoms. The number of aryl methyl sites for hydroxylation is 1. The number of nitrogens with zero attached hydrogens (tertiary/aromatic N) is 2. The molecule has 0 fully saturated rings. The summed E-state index contributed by atoms with van der Waals surface area (Å²) < 4.78 is 1.64. The predicted molar refractivity (Wildman–Crippen MR) is 47.1 cm³/mol. The molecule has 0 amide bonds. The maximum absolute atomic E-state index is 11.1. The molecule has 0 unspecified atom stereocenters. The van der Waals surface area contributed by atoms with Crippen molar-refractivity contribution in [2.75, 3.05) is 0 Å². The molecule has 1 aliphatic heterocycles. The van der Waals surface area contributed by atoms with E-state index in [9.17, 15) is 4.79 Å². The van der Waals surface area contributed by atoms with Crippen molar-refractivity contribution in [3.8, 4) is 0 Å². The van der Waals surface area contributed by atoms with E-state index in [0.29, 0.717) is 6.42 Å². The average molecular weight is 166 g/mol. The monoisotopic (exact) mass is 166 g/mol. The molecule has 0 aromatic carbocycles. The number of hydrogen-bond donors (Lipinski definition) is 0. The van der Waals surface area contributed by atoms with E-state index < -0.39 is 0 Å². The Morgan fingerprint density at radius 3 is 2.83 bits per heavy atom. The molecular formula is C9H14N2O. The van der Waals surface area contributed by atoms with E-state index in [1.54, 1.807) is 17.1 Å². The lowest BCUT2D eigenvalue weighted by molar-refractivity contribution is 0.0884. The van der Waals surface area contributed by atoms with Gasteiger partial charge in [0.05, 0.1) is 0 Å². The highest BCUT2D eigenvalue weighted by Gasteiger charge is 2.14. The van der Waals surface area contributed by atoms with E-state index in [0.717, 1.165) is 18.5 Å². The lowest BCUT2D eigenvalue weighted by Gasteiger charge is -2.10. The van der Waals surface area contributed by atoms with Crippen LogP contribution in [0.5, 0.6) is 0 Å². The Labute approximate surface area is 72.4 Å². The van der Waals surface area contributed by atoms with Gasteiger partial charge in [0.15, 0.2) is 0 Å². The van der Waals surface area contributed by atoms with Gasteiger partial charge in [-0.2, -0.15) is 0 Å². The number of carbonyl (C=O) groups excluding carboxylic acids is 1. The highest BCUT2D eigenvalue weighted by atomic mass is 16.2. The van der Waals surface area contributed by atoms with Crippen molar-refractivity contribution in [3.63, 3.8) is 0 Å².